The van der Waals surface area contributed by atoms with Gasteiger partial charge in [-0.3, -0.25) is 19.7 Å². The molecule has 0 unspecified atom stereocenters. The van der Waals surface area contributed by atoms with E-state index in [2.05, 4.69) is 21.0 Å². The van der Waals surface area contributed by atoms with Gasteiger partial charge in [0.1, 0.15) is 6.61 Å². The molecule has 8 nitrogen and oxygen atoms in total. The lowest BCUT2D eigenvalue weighted by Crippen LogP contribution is -2.28. The Balaban J connectivity index is 1.32. The number of amides is 2. The molecular weight excluding hydrogens is 478 g/mol. The van der Waals surface area contributed by atoms with Gasteiger partial charge in [0.25, 0.3) is 11.8 Å². The summed E-state index contributed by atoms with van der Waals surface area (Å²) in [6, 6.07) is 11.9. The minimum atomic E-state index is -0.534. The second kappa shape index (κ2) is 7.98. The molecule has 0 radical (unpaired) electrons. The number of nitrogens with zero attached hydrogens (tertiary/aromatic N) is 3. The zero-order valence-electron chi connectivity index (χ0n) is 16.8. The van der Waals surface area contributed by atoms with E-state index in [-0.39, 0.29) is 53.5 Å². The van der Waals surface area contributed by atoms with E-state index in [1.807, 2.05) is 36.4 Å². The maximum absolute atomic E-state index is 12.7. The summed E-state index contributed by atoms with van der Waals surface area (Å²) in [6.07, 6.45) is 6.18. The lowest BCUT2D eigenvalue weighted by atomic mass is 9.85. The van der Waals surface area contributed by atoms with Crippen LogP contribution in [0.3, 0.4) is 0 Å². The Kier molecular flexibility index (Phi) is 5.13. The number of carbonyl (C=O) groups is 2. The van der Waals surface area contributed by atoms with Crippen LogP contribution in [0.2, 0.25) is 0 Å². The van der Waals surface area contributed by atoms with Crippen molar-refractivity contribution in [2.75, 3.05) is 0 Å². The number of nitro groups is 1. The number of benzene rings is 2. The summed E-state index contributed by atoms with van der Waals surface area (Å²) in [5.41, 5.74) is 1.05. The molecule has 162 valence electrons. The number of hydrogen-bond donors (Lipinski definition) is 0. The average Bonchev–Trinajstić information content (AvgIpc) is 3.46. The number of ether oxygens (including phenoxy) is 1. The number of nitro benzene ring substituents is 1. The number of carbonyl (C=O) groups excluding carboxylic acids is 2. The minimum Gasteiger partial charge on any atom is -0.482 e. The van der Waals surface area contributed by atoms with Gasteiger partial charge in [-0.15, -0.1) is 0 Å². The Bertz CT molecular complexity index is 1150. The lowest BCUT2D eigenvalue weighted by Gasteiger charge is -2.13. The zero-order chi connectivity index (χ0) is 22.4. The van der Waals surface area contributed by atoms with E-state index >= 15 is 0 Å². The molecule has 2 aliphatic carbocycles. The highest BCUT2D eigenvalue weighted by molar-refractivity contribution is 9.10. The second-order valence-electron chi connectivity index (χ2n) is 8.13. The van der Waals surface area contributed by atoms with Gasteiger partial charge in [-0.2, -0.15) is 10.1 Å². The number of rotatable bonds is 6. The molecular formula is C23H18BrN3O5. The van der Waals surface area contributed by atoms with Crippen LogP contribution >= 0.6 is 15.9 Å². The van der Waals surface area contributed by atoms with Gasteiger partial charge in [-0.25, -0.2) is 0 Å². The first-order chi connectivity index (χ1) is 15.4. The van der Waals surface area contributed by atoms with Crippen molar-refractivity contribution in [3.8, 4) is 5.75 Å². The monoisotopic (exact) mass is 495 g/mol. The molecule has 4 atom stereocenters. The van der Waals surface area contributed by atoms with Gasteiger partial charge in [-0.05, 0) is 48.1 Å². The summed E-state index contributed by atoms with van der Waals surface area (Å²) >= 11 is 3.36. The third-order valence-corrected chi connectivity index (χ3v) is 6.79. The molecule has 1 heterocycles. The molecule has 0 N–H and O–H groups in total. The predicted octanol–water partition coefficient (Wildman–Crippen LogP) is 4.08. The average molecular weight is 496 g/mol. The van der Waals surface area contributed by atoms with Gasteiger partial charge in [0, 0.05) is 16.1 Å². The van der Waals surface area contributed by atoms with Crippen molar-refractivity contribution < 1.29 is 19.2 Å². The summed E-state index contributed by atoms with van der Waals surface area (Å²) in [7, 11) is 0. The molecule has 5 rings (SSSR count). The summed E-state index contributed by atoms with van der Waals surface area (Å²) in [4.78, 5) is 36.4. The van der Waals surface area contributed by atoms with Crippen LogP contribution in [-0.2, 0) is 16.2 Å². The Morgan fingerprint density at radius 1 is 1.09 bits per heavy atom. The molecule has 1 saturated heterocycles. The number of hydrazone groups is 1. The van der Waals surface area contributed by atoms with Crippen LogP contribution in [-0.4, -0.2) is 28.0 Å². The maximum atomic E-state index is 12.7. The van der Waals surface area contributed by atoms with Crippen molar-refractivity contribution in [1.82, 2.24) is 5.01 Å². The number of imide groups is 1. The molecule has 2 aromatic carbocycles. The first-order valence-corrected chi connectivity index (χ1v) is 11.0. The van der Waals surface area contributed by atoms with Crippen LogP contribution < -0.4 is 4.74 Å². The Labute approximate surface area is 191 Å². The molecule has 2 fully saturated rings. The first-order valence-electron chi connectivity index (χ1n) is 10.2. The fourth-order valence-corrected chi connectivity index (χ4v) is 5.01. The molecule has 32 heavy (non-hydrogen) atoms. The van der Waals surface area contributed by atoms with Crippen molar-refractivity contribution in [2.45, 2.75) is 13.0 Å². The van der Waals surface area contributed by atoms with E-state index in [9.17, 15) is 19.7 Å². The smallest absolute Gasteiger partial charge is 0.311 e. The third kappa shape index (κ3) is 3.52. The third-order valence-electron chi connectivity index (χ3n) is 6.26. The summed E-state index contributed by atoms with van der Waals surface area (Å²) in [5.74, 6) is -0.929. The fraction of sp³-hybridized carbons (Fsp3) is 0.261. The highest BCUT2D eigenvalue weighted by Gasteiger charge is 2.59. The van der Waals surface area contributed by atoms with Crippen LogP contribution in [0.5, 0.6) is 5.75 Å². The quantitative estimate of drug-likeness (QED) is 0.197. The molecule has 2 amide bonds. The van der Waals surface area contributed by atoms with Crippen LogP contribution in [0.4, 0.5) is 5.69 Å². The maximum Gasteiger partial charge on any atom is 0.311 e. The van der Waals surface area contributed by atoms with Crippen molar-refractivity contribution in [2.24, 2.45) is 28.8 Å². The highest BCUT2D eigenvalue weighted by atomic mass is 79.9. The highest BCUT2D eigenvalue weighted by Crippen LogP contribution is 2.52. The van der Waals surface area contributed by atoms with Gasteiger partial charge in [0.05, 0.1) is 23.0 Å². The van der Waals surface area contributed by atoms with Gasteiger partial charge >= 0.3 is 5.69 Å². The standard InChI is InChI=1S/C23H18BrN3O5/c24-17-6-1-13(2-7-17)12-32-19-8-3-14(9-18(19)27(30)31)11-25-26-22(28)20-15-4-5-16(10-15)21(20)23(26)29/h1-9,11,15-16,20-21H,10,12H2/t15-,16-,20-,21+/m0/s1. The van der Waals surface area contributed by atoms with E-state index in [4.69, 9.17) is 4.74 Å². The minimum absolute atomic E-state index is 0.102. The van der Waals surface area contributed by atoms with Gasteiger partial charge < -0.3 is 4.74 Å². The normalized spacial score (nSPS) is 25.7. The number of fused-ring (bicyclic) bond motifs is 5. The van der Waals surface area contributed by atoms with Gasteiger partial charge in [-0.1, -0.05) is 40.2 Å². The Morgan fingerprint density at radius 2 is 1.75 bits per heavy atom. The molecule has 1 aliphatic heterocycles. The zero-order valence-corrected chi connectivity index (χ0v) is 18.3. The molecule has 0 spiro atoms. The Hall–Kier alpha value is -3.33. The summed E-state index contributed by atoms with van der Waals surface area (Å²) in [5, 5.41) is 16.6. The largest absolute Gasteiger partial charge is 0.482 e. The van der Waals surface area contributed by atoms with Crippen molar-refractivity contribution in [3.63, 3.8) is 0 Å². The van der Waals surface area contributed by atoms with E-state index in [1.54, 1.807) is 6.07 Å². The van der Waals surface area contributed by atoms with Crippen molar-refractivity contribution in [1.29, 1.82) is 0 Å². The van der Waals surface area contributed by atoms with E-state index in [0.29, 0.717) is 5.56 Å². The summed E-state index contributed by atoms with van der Waals surface area (Å²) < 4.78 is 6.57. The van der Waals surface area contributed by atoms with Gasteiger partial charge in [0.15, 0.2) is 5.75 Å². The number of halogens is 1. The van der Waals surface area contributed by atoms with E-state index < -0.39 is 4.92 Å². The number of allylic oxidation sites excluding steroid dienone is 2. The van der Waals surface area contributed by atoms with Crippen LogP contribution in [0, 0.1) is 33.8 Å². The fourth-order valence-electron chi connectivity index (χ4n) is 4.75. The van der Waals surface area contributed by atoms with Crippen LogP contribution in [0.15, 0.2) is 64.2 Å². The number of hydrogen-bond acceptors (Lipinski definition) is 6. The van der Waals surface area contributed by atoms with Crippen LogP contribution in [0.1, 0.15) is 17.5 Å². The summed E-state index contributed by atoms with van der Waals surface area (Å²) in [6.45, 7) is 0.178. The van der Waals surface area contributed by atoms with Crippen molar-refractivity contribution in [3.05, 3.63) is 80.3 Å². The van der Waals surface area contributed by atoms with Gasteiger partial charge in [0.2, 0.25) is 0 Å². The van der Waals surface area contributed by atoms with Crippen LogP contribution in [0.25, 0.3) is 0 Å². The first kappa shape index (κ1) is 20.6. The van der Waals surface area contributed by atoms with E-state index in [0.717, 1.165) is 21.5 Å². The predicted molar refractivity (Wildman–Crippen MR) is 119 cm³/mol. The second-order valence-corrected chi connectivity index (χ2v) is 9.05. The molecule has 2 aromatic rings. The SMILES string of the molecule is O=C1[C@@H]2[C@H](C(=O)N1N=Cc1ccc(OCc3ccc(Br)cc3)c([N+](=O)[O-])c1)[C@H]1C=C[C@H]2C1. The molecule has 9 heteroatoms. The molecule has 0 aromatic heterocycles. The lowest BCUT2D eigenvalue weighted by molar-refractivity contribution is -0.385. The topological polar surface area (TPSA) is 102 Å². The Morgan fingerprint density at radius 3 is 2.38 bits per heavy atom. The van der Waals surface area contributed by atoms with Crippen molar-refractivity contribution >= 4 is 39.6 Å². The molecule has 2 bridgehead atoms. The van der Waals surface area contributed by atoms with E-state index in [1.165, 1.54) is 18.3 Å². The molecule has 1 saturated carbocycles. The molecule has 3 aliphatic rings.